The molecule has 0 aliphatic rings. The number of aliphatic carboxylic acids is 1. The minimum absolute atomic E-state index is 0.188. The molecule has 0 fully saturated rings. The number of hydrogen-bond acceptors (Lipinski definition) is 5. The number of nitrogens with zero attached hydrogens (tertiary/aromatic N) is 1. The van der Waals surface area contributed by atoms with E-state index in [1.165, 1.54) is 13.0 Å². The highest BCUT2D eigenvalue weighted by Gasteiger charge is 2.12. The third-order valence-corrected chi connectivity index (χ3v) is 4.23. The third kappa shape index (κ3) is 5.78. The van der Waals surface area contributed by atoms with Crippen LogP contribution in [0.5, 0.6) is 11.5 Å². The van der Waals surface area contributed by atoms with Gasteiger partial charge in [0.1, 0.15) is 18.1 Å². The summed E-state index contributed by atoms with van der Waals surface area (Å²) >= 11 is 0. The largest absolute Gasteiger partial charge is 0.487 e. The van der Waals surface area contributed by atoms with E-state index in [2.05, 4.69) is 4.98 Å². The summed E-state index contributed by atoms with van der Waals surface area (Å²) in [4.78, 5) is 27.6. The minimum atomic E-state index is -1.05. The van der Waals surface area contributed by atoms with Crippen LogP contribution < -0.4 is 9.47 Å². The van der Waals surface area contributed by atoms with Gasteiger partial charge in [0, 0.05) is 17.3 Å². The molecular weight excluding hydrogens is 382 g/mol. The van der Waals surface area contributed by atoms with Gasteiger partial charge in [-0.2, -0.15) is 0 Å². The van der Waals surface area contributed by atoms with Crippen LogP contribution in [0.25, 0.3) is 6.08 Å². The molecule has 0 aliphatic heterocycles. The highest BCUT2D eigenvalue weighted by atomic mass is 16.5. The van der Waals surface area contributed by atoms with Crippen LogP contribution in [0.4, 0.5) is 0 Å². The van der Waals surface area contributed by atoms with Crippen molar-refractivity contribution in [1.29, 1.82) is 0 Å². The second-order valence-electron chi connectivity index (χ2n) is 6.47. The molecule has 6 heteroatoms. The zero-order valence-corrected chi connectivity index (χ0v) is 16.4. The Bertz CT molecular complexity index is 1030. The average molecular weight is 403 g/mol. The van der Waals surface area contributed by atoms with Gasteiger partial charge < -0.3 is 14.6 Å². The van der Waals surface area contributed by atoms with Crippen LogP contribution >= 0.6 is 0 Å². The summed E-state index contributed by atoms with van der Waals surface area (Å²) in [5, 5.41) is 8.89. The number of aromatic nitrogens is 1. The number of para-hydroxylation sites is 1. The number of ether oxygens (including phenoxy) is 2. The van der Waals surface area contributed by atoms with E-state index in [1.54, 1.807) is 36.5 Å². The molecule has 0 aliphatic carbocycles. The Labute approximate surface area is 174 Å². The third-order valence-electron chi connectivity index (χ3n) is 4.23. The van der Waals surface area contributed by atoms with Crippen LogP contribution in [-0.4, -0.2) is 27.9 Å². The van der Waals surface area contributed by atoms with Crippen molar-refractivity contribution < 1.29 is 24.2 Å². The summed E-state index contributed by atoms with van der Waals surface area (Å²) in [7, 11) is 0. The summed E-state index contributed by atoms with van der Waals surface area (Å²) in [6.07, 6.45) is 3.92. The molecule has 152 valence electrons. The highest BCUT2D eigenvalue weighted by Crippen LogP contribution is 2.21. The van der Waals surface area contributed by atoms with E-state index in [9.17, 15) is 9.59 Å². The van der Waals surface area contributed by atoms with E-state index in [4.69, 9.17) is 14.6 Å². The van der Waals surface area contributed by atoms with Gasteiger partial charge in [0.15, 0.2) is 11.9 Å². The molecule has 0 spiro atoms. The maximum Gasteiger partial charge on any atom is 0.344 e. The molecule has 2 aromatic carbocycles. The quantitative estimate of drug-likeness (QED) is 0.421. The average Bonchev–Trinajstić information content (AvgIpc) is 2.77. The van der Waals surface area contributed by atoms with Crippen molar-refractivity contribution in [2.24, 2.45) is 0 Å². The van der Waals surface area contributed by atoms with E-state index in [-0.39, 0.29) is 5.78 Å². The number of carbonyl (C=O) groups is 2. The summed E-state index contributed by atoms with van der Waals surface area (Å²) in [5.41, 5.74) is 2.05. The fourth-order valence-electron chi connectivity index (χ4n) is 2.60. The van der Waals surface area contributed by atoms with Crippen LogP contribution in [0.1, 0.15) is 28.5 Å². The standard InChI is InChI=1S/C24H21NO5/c1-17(24(27)28)30-21-12-9-18(10-13-21)22(26)14-11-19-6-2-3-8-23(19)29-16-20-7-4-5-15-25-20/h2-15,17H,16H2,1H3,(H,27,28)/b14-11+. The predicted octanol–water partition coefficient (Wildman–Crippen LogP) is 4.41. The first-order valence-corrected chi connectivity index (χ1v) is 9.36. The van der Waals surface area contributed by atoms with Crippen LogP contribution in [0.15, 0.2) is 79.0 Å². The zero-order valence-electron chi connectivity index (χ0n) is 16.4. The molecule has 1 atom stereocenters. The lowest BCUT2D eigenvalue weighted by Gasteiger charge is -2.10. The van der Waals surface area contributed by atoms with Crippen molar-refractivity contribution >= 4 is 17.8 Å². The second kappa shape index (κ2) is 10.0. The van der Waals surface area contributed by atoms with Gasteiger partial charge in [0.25, 0.3) is 0 Å². The lowest BCUT2D eigenvalue weighted by atomic mass is 10.1. The number of carboxylic acid groups (broad SMARTS) is 1. The number of benzene rings is 2. The molecular formula is C24H21NO5. The Hall–Kier alpha value is -3.93. The van der Waals surface area contributed by atoms with Crippen molar-refractivity contribution in [1.82, 2.24) is 4.98 Å². The van der Waals surface area contributed by atoms with Crippen LogP contribution in [0.3, 0.4) is 0 Å². The van der Waals surface area contributed by atoms with Crippen LogP contribution in [-0.2, 0) is 11.4 Å². The lowest BCUT2D eigenvalue weighted by molar-refractivity contribution is -0.144. The van der Waals surface area contributed by atoms with Crippen molar-refractivity contribution in [2.45, 2.75) is 19.6 Å². The molecule has 3 rings (SSSR count). The topological polar surface area (TPSA) is 85.7 Å². The van der Waals surface area contributed by atoms with E-state index in [0.29, 0.717) is 23.7 Å². The first-order valence-electron chi connectivity index (χ1n) is 9.36. The summed E-state index contributed by atoms with van der Waals surface area (Å²) in [5.74, 6) is -0.202. The van der Waals surface area contributed by atoms with Gasteiger partial charge in [-0.3, -0.25) is 9.78 Å². The Morgan fingerprint density at radius 1 is 1.03 bits per heavy atom. The molecule has 0 bridgehead atoms. The van der Waals surface area contributed by atoms with Crippen molar-refractivity contribution in [3.8, 4) is 11.5 Å². The molecule has 30 heavy (non-hydrogen) atoms. The smallest absolute Gasteiger partial charge is 0.344 e. The van der Waals surface area contributed by atoms with E-state index in [1.807, 2.05) is 42.5 Å². The molecule has 1 unspecified atom stereocenters. The van der Waals surface area contributed by atoms with Crippen molar-refractivity contribution in [3.63, 3.8) is 0 Å². The Balaban J connectivity index is 1.65. The molecule has 3 aromatic rings. The van der Waals surface area contributed by atoms with Crippen LogP contribution in [0, 0.1) is 0 Å². The number of hydrogen-bond donors (Lipinski definition) is 1. The molecule has 1 N–H and O–H groups in total. The SMILES string of the molecule is CC(Oc1ccc(C(=O)/C=C/c2ccccc2OCc2ccccn2)cc1)C(=O)O. The Kier molecular flexibility index (Phi) is 6.95. The number of allylic oxidation sites excluding steroid dienone is 1. The first kappa shape index (κ1) is 20.8. The molecule has 0 amide bonds. The summed E-state index contributed by atoms with van der Waals surface area (Å²) in [6.45, 7) is 1.77. The normalized spacial score (nSPS) is 11.8. The van der Waals surface area contributed by atoms with E-state index >= 15 is 0 Å². The Morgan fingerprint density at radius 2 is 1.77 bits per heavy atom. The predicted molar refractivity (Wildman–Crippen MR) is 113 cm³/mol. The monoisotopic (exact) mass is 403 g/mol. The van der Waals surface area contributed by atoms with Crippen LogP contribution in [0.2, 0.25) is 0 Å². The fourth-order valence-corrected chi connectivity index (χ4v) is 2.60. The fraction of sp³-hybridized carbons (Fsp3) is 0.125. The number of pyridine rings is 1. The molecule has 0 radical (unpaired) electrons. The van der Waals surface area contributed by atoms with Gasteiger partial charge in [-0.15, -0.1) is 0 Å². The van der Waals surface area contributed by atoms with Gasteiger partial charge in [-0.1, -0.05) is 24.3 Å². The maximum absolute atomic E-state index is 12.5. The first-order chi connectivity index (χ1) is 14.5. The summed E-state index contributed by atoms with van der Waals surface area (Å²) in [6, 6.07) is 19.4. The Morgan fingerprint density at radius 3 is 2.47 bits per heavy atom. The van der Waals surface area contributed by atoms with E-state index in [0.717, 1.165) is 11.3 Å². The number of ketones is 1. The van der Waals surface area contributed by atoms with Gasteiger partial charge in [-0.25, -0.2) is 4.79 Å². The second-order valence-corrected chi connectivity index (χ2v) is 6.47. The maximum atomic E-state index is 12.5. The molecule has 1 aromatic heterocycles. The van der Waals surface area contributed by atoms with Gasteiger partial charge in [-0.05, 0) is 61.5 Å². The molecule has 1 heterocycles. The number of rotatable bonds is 9. The molecule has 0 saturated carbocycles. The van der Waals surface area contributed by atoms with Gasteiger partial charge in [0.2, 0.25) is 0 Å². The molecule has 6 nitrogen and oxygen atoms in total. The molecule has 0 saturated heterocycles. The lowest BCUT2D eigenvalue weighted by Crippen LogP contribution is -2.22. The van der Waals surface area contributed by atoms with E-state index < -0.39 is 12.1 Å². The number of carboxylic acids is 1. The van der Waals surface area contributed by atoms with Gasteiger partial charge in [0.05, 0.1) is 5.69 Å². The minimum Gasteiger partial charge on any atom is -0.487 e. The highest BCUT2D eigenvalue weighted by molar-refractivity contribution is 6.07. The zero-order chi connectivity index (χ0) is 21.3. The van der Waals surface area contributed by atoms with Crippen molar-refractivity contribution in [2.75, 3.05) is 0 Å². The van der Waals surface area contributed by atoms with Crippen molar-refractivity contribution in [3.05, 3.63) is 95.8 Å². The summed E-state index contributed by atoms with van der Waals surface area (Å²) < 4.78 is 11.1. The number of carbonyl (C=O) groups excluding carboxylic acids is 1. The van der Waals surface area contributed by atoms with Gasteiger partial charge >= 0.3 is 5.97 Å².